The number of hydrogen-bond acceptors (Lipinski definition) is 3. The van der Waals surface area contributed by atoms with Crippen molar-refractivity contribution >= 4 is 0 Å². The first-order valence-corrected chi connectivity index (χ1v) is 7.78. The molecule has 1 N–H and O–H groups in total. The number of rotatable bonds is 10. The molecule has 3 nitrogen and oxygen atoms in total. The highest BCUT2D eigenvalue weighted by Crippen LogP contribution is 2.18. The van der Waals surface area contributed by atoms with Crippen LogP contribution in [0.4, 0.5) is 0 Å². The molecule has 0 bridgehead atoms. The Labute approximate surface area is 123 Å². The largest absolute Gasteiger partial charge is 0.377 e. The quantitative estimate of drug-likeness (QED) is 0.664. The first kappa shape index (κ1) is 15.5. The van der Waals surface area contributed by atoms with E-state index in [-0.39, 0.29) is 0 Å². The van der Waals surface area contributed by atoms with Crippen LogP contribution >= 0.6 is 0 Å². The van der Waals surface area contributed by atoms with Crippen LogP contribution in [0.1, 0.15) is 30.4 Å². The summed E-state index contributed by atoms with van der Waals surface area (Å²) in [7, 11) is 4.20. The molecule has 112 valence electrons. The monoisotopic (exact) mass is 276 g/mol. The van der Waals surface area contributed by atoms with Gasteiger partial charge in [-0.1, -0.05) is 24.3 Å². The molecule has 20 heavy (non-hydrogen) atoms. The highest BCUT2D eigenvalue weighted by Gasteiger charge is 2.19. The minimum absolute atomic E-state index is 0.743. The van der Waals surface area contributed by atoms with Gasteiger partial charge in [0.1, 0.15) is 0 Å². The number of hydrogen-bond donors (Lipinski definition) is 1. The molecular weight excluding hydrogens is 248 g/mol. The predicted octanol–water partition coefficient (Wildman–Crippen LogP) is 2.45. The van der Waals surface area contributed by atoms with E-state index in [4.69, 9.17) is 4.74 Å². The van der Waals surface area contributed by atoms with E-state index in [0.29, 0.717) is 0 Å². The molecule has 1 aromatic rings. The van der Waals surface area contributed by atoms with E-state index in [1.807, 2.05) is 0 Å². The van der Waals surface area contributed by atoms with Crippen LogP contribution in [0.3, 0.4) is 0 Å². The van der Waals surface area contributed by atoms with Gasteiger partial charge in [-0.15, -0.1) is 0 Å². The Kier molecular flexibility index (Phi) is 6.51. The summed E-state index contributed by atoms with van der Waals surface area (Å²) < 4.78 is 5.80. The summed E-state index contributed by atoms with van der Waals surface area (Å²) >= 11 is 0. The molecule has 1 aliphatic carbocycles. The fourth-order valence-corrected chi connectivity index (χ4v) is 2.31. The van der Waals surface area contributed by atoms with Crippen LogP contribution in [-0.2, 0) is 17.8 Å². The smallest absolute Gasteiger partial charge is 0.0719 e. The van der Waals surface area contributed by atoms with Crippen LogP contribution in [0.15, 0.2) is 24.3 Å². The van der Waals surface area contributed by atoms with Gasteiger partial charge in [0.05, 0.1) is 6.61 Å². The summed E-state index contributed by atoms with van der Waals surface area (Å²) in [4.78, 5) is 2.20. The Morgan fingerprint density at radius 3 is 2.65 bits per heavy atom. The van der Waals surface area contributed by atoms with Gasteiger partial charge < -0.3 is 15.0 Å². The van der Waals surface area contributed by atoms with Gasteiger partial charge in [-0.3, -0.25) is 0 Å². The SMILES string of the molecule is CN(C)CCCOCc1ccccc1CCNC1CC1. The molecule has 0 saturated heterocycles. The van der Waals surface area contributed by atoms with Crippen LogP contribution in [0.2, 0.25) is 0 Å². The van der Waals surface area contributed by atoms with E-state index in [9.17, 15) is 0 Å². The van der Waals surface area contributed by atoms with Gasteiger partial charge in [0, 0.05) is 12.6 Å². The van der Waals surface area contributed by atoms with Crippen LogP contribution in [0, 0.1) is 0 Å². The molecule has 0 atom stereocenters. The third kappa shape index (κ3) is 6.04. The predicted molar refractivity (Wildman–Crippen MR) is 84.0 cm³/mol. The lowest BCUT2D eigenvalue weighted by molar-refractivity contribution is 0.112. The maximum Gasteiger partial charge on any atom is 0.0719 e. The van der Waals surface area contributed by atoms with Crippen molar-refractivity contribution in [3.05, 3.63) is 35.4 Å². The topological polar surface area (TPSA) is 24.5 Å². The summed E-state index contributed by atoms with van der Waals surface area (Å²) in [5, 5.41) is 3.57. The Morgan fingerprint density at radius 1 is 1.20 bits per heavy atom. The summed E-state index contributed by atoms with van der Waals surface area (Å²) in [6, 6.07) is 9.45. The molecule has 0 aromatic heterocycles. The molecule has 1 fully saturated rings. The van der Waals surface area contributed by atoms with Crippen molar-refractivity contribution in [2.75, 3.05) is 33.8 Å². The number of ether oxygens (including phenoxy) is 1. The van der Waals surface area contributed by atoms with E-state index in [2.05, 4.69) is 48.6 Å². The average Bonchev–Trinajstić information content (AvgIpc) is 3.24. The third-order valence-electron chi connectivity index (χ3n) is 3.67. The second-order valence-electron chi connectivity index (χ2n) is 5.96. The van der Waals surface area contributed by atoms with Crippen molar-refractivity contribution < 1.29 is 4.74 Å². The van der Waals surface area contributed by atoms with Crippen molar-refractivity contribution in [1.82, 2.24) is 10.2 Å². The van der Waals surface area contributed by atoms with E-state index in [1.54, 1.807) is 0 Å². The van der Waals surface area contributed by atoms with Gasteiger partial charge in [0.15, 0.2) is 0 Å². The molecule has 3 heteroatoms. The van der Waals surface area contributed by atoms with Crippen LogP contribution in [0.5, 0.6) is 0 Å². The fraction of sp³-hybridized carbons (Fsp3) is 0.647. The summed E-state index contributed by atoms with van der Waals surface area (Å²) in [6.07, 6.45) is 4.92. The van der Waals surface area contributed by atoms with Crippen LogP contribution in [-0.4, -0.2) is 44.7 Å². The molecule has 0 aliphatic heterocycles. The maximum absolute atomic E-state index is 5.80. The minimum Gasteiger partial charge on any atom is -0.377 e. The molecule has 0 spiro atoms. The lowest BCUT2D eigenvalue weighted by Crippen LogP contribution is -2.19. The maximum atomic E-state index is 5.80. The Morgan fingerprint density at radius 2 is 1.95 bits per heavy atom. The molecule has 1 aliphatic rings. The Balaban J connectivity index is 1.69. The fourth-order valence-electron chi connectivity index (χ4n) is 2.31. The lowest BCUT2D eigenvalue weighted by atomic mass is 10.1. The van der Waals surface area contributed by atoms with Crippen molar-refractivity contribution in [2.45, 2.75) is 38.3 Å². The van der Waals surface area contributed by atoms with Crippen LogP contribution < -0.4 is 5.32 Å². The van der Waals surface area contributed by atoms with Gasteiger partial charge in [-0.05, 0) is 64.0 Å². The van der Waals surface area contributed by atoms with Crippen molar-refractivity contribution in [3.63, 3.8) is 0 Å². The van der Waals surface area contributed by atoms with Gasteiger partial charge in [-0.25, -0.2) is 0 Å². The van der Waals surface area contributed by atoms with Gasteiger partial charge in [0.2, 0.25) is 0 Å². The molecule has 0 radical (unpaired) electrons. The molecule has 1 saturated carbocycles. The lowest BCUT2D eigenvalue weighted by Gasteiger charge is -2.12. The Hall–Kier alpha value is -0.900. The molecule has 2 rings (SSSR count). The third-order valence-corrected chi connectivity index (χ3v) is 3.67. The van der Waals surface area contributed by atoms with Crippen molar-refractivity contribution in [2.24, 2.45) is 0 Å². The standard InChI is InChI=1S/C17H28N2O/c1-19(2)12-5-13-20-14-16-7-4-3-6-15(16)10-11-18-17-8-9-17/h3-4,6-7,17-18H,5,8-14H2,1-2H3. The normalized spacial score (nSPS) is 14.9. The molecule has 1 aromatic carbocycles. The van der Waals surface area contributed by atoms with Crippen LogP contribution in [0.25, 0.3) is 0 Å². The van der Waals surface area contributed by atoms with E-state index in [1.165, 1.54) is 24.0 Å². The minimum atomic E-state index is 0.743. The molecular formula is C17H28N2O. The van der Waals surface area contributed by atoms with E-state index >= 15 is 0 Å². The molecule has 0 unspecified atom stereocenters. The number of nitrogens with zero attached hydrogens (tertiary/aromatic N) is 1. The van der Waals surface area contributed by atoms with Gasteiger partial charge in [0.25, 0.3) is 0 Å². The zero-order valence-electron chi connectivity index (χ0n) is 12.9. The number of nitrogens with one attached hydrogen (secondary N) is 1. The van der Waals surface area contributed by atoms with E-state index in [0.717, 1.165) is 45.2 Å². The number of benzene rings is 1. The first-order chi connectivity index (χ1) is 9.75. The summed E-state index contributed by atoms with van der Waals surface area (Å²) in [5.74, 6) is 0. The molecule has 0 heterocycles. The summed E-state index contributed by atoms with van der Waals surface area (Å²) in [6.45, 7) is 3.76. The summed E-state index contributed by atoms with van der Waals surface area (Å²) in [5.41, 5.74) is 2.77. The second-order valence-corrected chi connectivity index (χ2v) is 5.96. The zero-order chi connectivity index (χ0) is 14.2. The van der Waals surface area contributed by atoms with Crippen molar-refractivity contribution in [1.29, 1.82) is 0 Å². The zero-order valence-corrected chi connectivity index (χ0v) is 12.9. The van der Waals surface area contributed by atoms with E-state index < -0.39 is 0 Å². The highest BCUT2D eigenvalue weighted by atomic mass is 16.5. The highest BCUT2D eigenvalue weighted by molar-refractivity contribution is 5.26. The average molecular weight is 276 g/mol. The Bertz CT molecular complexity index is 388. The van der Waals surface area contributed by atoms with Crippen molar-refractivity contribution in [3.8, 4) is 0 Å². The molecule has 0 amide bonds. The second kappa shape index (κ2) is 8.40. The van der Waals surface area contributed by atoms with Gasteiger partial charge in [-0.2, -0.15) is 0 Å². The van der Waals surface area contributed by atoms with Gasteiger partial charge >= 0.3 is 0 Å². The first-order valence-electron chi connectivity index (χ1n) is 7.78.